The predicted octanol–water partition coefficient (Wildman–Crippen LogP) is 1.71. The first-order chi connectivity index (χ1) is 14.0. The van der Waals surface area contributed by atoms with Crippen molar-refractivity contribution in [3.8, 4) is 5.75 Å². The van der Waals surface area contributed by atoms with E-state index in [1.165, 1.54) is 17.1 Å². The van der Waals surface area contributed by atoms with Crippen LogP contribution in [0.5, 0.6) is 5.75 Å². The van der Waals surface area contributed by atoms with Gasteiger partial charge in [-0.2, -0.15) is 10.1 Å². The molecule has 0 aliphatic carbocycles. The van der Waals surface area contributed by atoms with E-state index in [1.54, 1.807) is 13.3 Å². The molecule has 3 aromatic rings. The molecule has 0 saturated carbocycles. The van der Waals surface area contributed by atoms with Crippen LogP contribution >= 0.6 is 11.6 Å². The Kier molecular flexibility index (Phi) is 6.47. The van der Waals surface area contributed by atoms with Crippen molar-refractivity contribution in [2.24, 2.45) is 5.73 Å². The molecule has 0 saturated heterocycles. The average molecular weight is 418 g/mol. The van der Waals surface area contributed by atoms with Gasteiger partial charge in [0, 0.05) is 6.20 Å². The number of carbonyl (C=O) groups excluding carboxylic acids is 1. The van der Waals surface area contributed by atoms with E-state index in [-0.39, 0.29) is 19.1 Å². The minimum absolute atomic E-state index is 0.0331. The molecule has 5 N–H and O–H groups in total. The number of aliphatic hydroxyl groups excluding tert-OH is 1. The lowest BCUT2D eigenvalue weighted by Gasteiger charge is -2.19. The van der Waals surface area contributed by atoms with E-state index in [9.17, 15) is 9.90 Å². The fourth-order valence-corrected chi connectivity index (χ4v) is 2.74. The molecule has 1 aromatic carbocycles. The molecule has 2 heterocycles. The van der Waals surface area contributed by atoms with Gasteiger partial charge in [0.05, 0.1) is 37.8 Å². The lowest BCUT2D eigenvalue weighted by molar-refractivity contribution is -0.118. The molecule has 0 aliphatic rings. The van der Waals surface area contributed by atoms with Crippen molar-refractivity contribution in [2.45, 2.75) is 12.6 Å². The summed E-state index contributed by atoms with van der Waals surface area (Å²) in [6.45, 7) is -0.217. The summed E-state index contributed by atoms with van der Waals surface area (Å²) >= 11 is 6.22. The lowest BCUT2D eigenvalue weighted by Crippen LogP contribution is -2.18. The standard InChI is InChI=1S/C18H20ClN7O3/c1-29-13-4-2-3-11(5-13)15(10-27)24-17-14(19)7-21-18(25-17)23-12-6-22-26(8-12)9-16(20)28/h2-8,15,27H,9-10H2,1H3,(H2,20,28)(H2,21,23,24,25). The van der Waals surface area contributed by atoms with Crippen molar-refractivity contribution in [3.63, 3.8) is 0 Å². The Balaban J connectivity index is 1.77. The second kappa shape index (κ2) is 9.22. The van der Waals surface area contributed by atoms with Gasteiger partial charge in [0.2, 0.25) is 11.9 Å². The summed E-state index contributed by atoms with van der Waals surface area (Å²) in [4.78, 5) is 19.5. The van der Waals surface area contributed by atoms with E-state index in [0.29, 0.717) is 22.3 Å². The van der Waals surface area contributed by atoms with Crippen LogP contribution in [-0.4, -0.2) is 44.5 Å². The topological polar surface area (TPSA) is 140 Å². The van der Waals surface area contributed by atoms with Gasteiger partial charge in [0.25, 0.3) is 0 Å². The number of ether oxygens (including phenoxy) is 1. The third kappa shape index (κ3) is 5.33. The highest BCUT2D eigenvalue weighted by Crippen LogP contribution is 2.27. The monoisotopic (exact) mass is 417 g/mol. The molecule has 0 radical (unpaired) electrons. The SMILES string of the molecule is COc1cccc(C(CO)Nc2nc(Nc3cnn(CC(N)=O)c3)ncc2Cl)c1. The maximum absolute atomic E-state index is 11.0. The first-order valence-corrected chi connectivity index (χ1v) is 8.98. The number of hydrogen-bond donors (Lipinski definition) is 4. The molecule has 1 atom stereocenters. The third-order valence-corrected chi connectivity index (χ3v) is 4.22. The van der Waals surface area contributed by atoms with E-state index in [4.69, 9.17) is 22.1 Å². The second-order valence-electron chi connectivity index (χ2n) is 6.06. The van der Waals surface area contributed by atoms with Gasteiger partial charge in [0.15, 0.2) is 5.82 Å². The minimum Gasteiger partial charge on any atom is -0.497 e. The molecule has 11 heteroatoms. The number of anilines is 3. The van der Waals surface area contributed by atoms with Crippen LogP contribution in [0.15, 0.2) is 42.9 Å². The smallest absolute Gasteiger partial charge is 0.239 e. The first kappa shape index (κ1) is 20.4. The number of nitrogens with two attached hydrogens (primary N) is 1. The normalized spacial score (nSPS) is 11.7. The first-order valence-electron chi connectivity index (χ1n) is 8.60. The van der Waals surface area contributed by atoms with Gasteiger partial charge < -0.3 is 26.2 Å². The Bertz CT molecular complexity index is 995. The van der Waals surface area contributed by atoms with Crippen molar-refractivity contribution < 1.29 is 14.6 Å². The van der Waals surface area contributed by atoms with Crippen LogP contribution in [-0.2, 0) is 11.3 Å². The van der Waals surface area contributed by atoms with Crippen LogP contribution in [0.2, 0.25) is 5.02 Å². The summed E-state index contributed by atoms with van der Waals surface area (Å²) in [5.74, 6) is 0.779. The Labute approximate surface area is 171 Å². The number of aliphatic hydroxyl groups is 1. The van der Waals surface area contributed by atoms with Crippen LogP contribution < -0.4 is 21.1 Å². The number of carbonyl (C=O) groups is 1. The van der Waals surface area contributed by atoms with Crippen LogP contribution in [0.1, 0.15) is 11.6 Å². The number of hydrogen-bond acceptors (Lipinski definition) is 8. The summed E-state index contributed by atoms with van der Waals surface area (Å²) in [5.41, 5.74) is 6.54. The van der Waals surface area contributed by atoms with Crippen LogP contribution in [0, 0.1) is 0 Å². The van der Waals surface area contributed by atoms with E-state index in [1.807, 2.05) is 24.3 Å². The molecule has 3 rings (SSSR count). The molecule has 10 nitrogen and oxygen atoms in total. The van der Waals surface area contributed by atoms with E-state index in [2.05, 4.69) is 25.7 Å². The number of aromatic nitrogens is 4. The molecule has 1 unspecified atom stereocenters. The van der Waals surface area contributed by atoms with E-state index < -0.39 is 11.9 Å². The molecule has 2 aromatic heterocycles. The molecular weight excluding hydrogens is 398 g/mol. The van der Waals surface area contributed by atoms with E-state index >= 15 is 0 Å². The quantitative estimate of drug-likeness (QED) is 0.412. The van der Waals surface area contributed by atoms with Gasteiger partial charge in [-0.05, 0) is 17.7 Å². The number of primary amides is 1. The lowest BCUT2D eigenvalue weighted by atomic mass is 10.1. The van der Waals surface area contributed by atoms with Crippen LogP contribution in [0.3, 0.4) is 0 Å². The third-order valence-electron chi connectivity index (χ3n) is 3.94. The maximum atomic E-state index is 11.0. The number of benzene rings is 1. The van der Waals surface area contributed by atoms with Crippen molar-refractivity contribution in [3.05, 3.63) is 53.4 Å². The number of halogens is 1. The number of nitrogens with one attached hydrogen (secondary N) is 2. The zero-order valence-corrected chi connectivity index (χ0v) is 16.3. The second-order valence-corrected chi connectivity index (χ2v) is 6.47. The van der Waals surface area contributed by atoms with Gasteiger partial charge in [-0.3, -0.25) is 9.48 Å². The molecule has 152 valence electrons. The molecule has 0 spiro atoms. The molecule has 0 bridgehead atoms. The maximum Gasteiger partial charge on any atom is 0.239 e. The predicted molar refractivity (Wildman–Crippen MR) is 108 cm³/mol. The van der Waals surface area contributed by atoms with Gasteiger partial charge in [-0.15, -0.1) is 0 Å². The number of nitrogens with zero attached hydrogens (tertiary/aromatic N) is 4. The van der Waals surface area contributed by atoms with Crippen molar-refractivity contribution in [2.75, 3.05) is 24.4 Å². The van der Waals surface area contributed by atoms with Crippen molar-refractivity contribution in [1.82, 2.24) is 19.7 Å². The zero-order chi connectivity index (χ0) is 20.8. The molecule has 0 aliphatic heterocycles. The largest absolute Gasteiger partial charge is 0.497 e. The van der Waals surface area contributed by atoms with Crippen LogP contribution in [0.4, 0.5) is 17.5 Å². The average Bonchev–Trinajstić information content (AvgIpc) is 3.14. The molecule has 29 heavy (non-hydrogen) atoms. The number of amides is 1. The summed E-state index contributed by atoms with van der Waals surface area (Å²) < 4.78 is 6.62. The molecular formula is C18H20ClN7O3. The van der Waals surface area contributed by atoms with Gasteiger partial charge in [-0.25, -0.2) is 4.98 Å². The Morgan fingerprint density at radius 2 is 2.24 bits per heavy atom. The molecule has 1 amide bonds. The number of methoxy groups -OCH3 is 1. The van der Waals surface area contributed by atoms with Gasteiger partial charge >= 0.3 is 0 Å². The Morgan fingerprint density at radius 1 is 1.41 bits per heavy atom. The Morgan fingerprint density at radius 3 is 2.97 bits per heavy atom. The van der Waals surface area contributed by atoms with Gasteiger partial charge in [0.1, 0.15) is 17.3 Å². The summed E-state index contributed by atoms with van der Waals surface area (Å²) in [6.07, 6.45) is 4.55. The number of rotatable bonds is 9. The van der Waals surface area contributed by atoms with Crippen LogP contribution in [0.25, 0.3) is 0 Å². The highest BCUT2D eigenvalue weighted by atomic mass is 35.5. The minimum atomic E-state index is -0.499. The fourth-order valence-electron chi connectivity index (χ4n) is 2.59. The highest BCUT2D eigenvalue weighted by Gasteiger charge is 2.15. The summed E-state index contributed by atoms with van der Waals surface area (Å²) in [6, 6.07) is 6.86. The summed E-state index contributed by atoms with van der Waals surface area (Å²) in [5, 5.41) is 20.2. The highest BCUT2D eigenvalue weighted by molar-refractivity contribution is 6.32. The Hall–Kier alpha value is -3.37. The zero-order valence-electron chi connectivity index (χ0n) is 15.5. The van der Waals surface area contributed by atoms with Gasteiger partial charge in [-0.1, -0.05) is 23.7 Å². The molecule has 0 fully saturated rings. The summed E-state index contributed by atoms with van der Waals surface area (Å²) in [7, 11) is 1.57. The van der Waals surface area contributed by atoms with E-state index in [0.717, 1.165) is 5.56 Å². The van der Waals surface area contributed by atoms with Crippen molar-refractivity contribution >= 4 is 35.0 Å². The fraction of sp³-hybridized carbons (Fsp3) is 0.222. The van der Waals surface area contributed by atoms with Crippen molar-refractivity contribution in [1.29, 1.82) is 0 Å².